The van der Waals surface area contributed by atoms with Crippen LogP contribution in [0.5, 0.6) is 0 Å². The van der Waals surface area contributed by atoms with Crippen LogP contribution in [0.25, 0.3) is 0 Å². The van der Waals surface area contributed by atoms with Crippen molar-refractivity contribution in [3.8, 4) is 0 Å². The highest BCUT2D eigenvalue weighted by atomic mass is 32.1. The lowest BCUT2D eigenvalue weighted by Gasteiger charge is -1.73. The molecule has 0 radical (unpaired) electrons. The van der Waals surface area contributed by atoms with E-state index in [1.165, 1.54) is 0 Å². The van der Waals surface area contributed by atoms with Gasteiger partial charge in [0.05, 0.1) is 0 Å². The van der Waals surface area contributed by atoms with Crippen LogP contribution in [0.4, 0.5) is 0 Å². The van der Waals surface area contributed by atoms with E-state index in [4.69, 9.17) is 5.11 Å². The number of thiol groups is 1. The van der Waals surface area contributed by atoms with E-state index in [1.54, 1.807) is 0 Å². The van der Waals surface area contributed by atoms with E-state index in [2.05, 4.69) is 12.6 Å². The Kier molecular flexibility index (Phi) is 2.95. The number of aliphatic carboxylic acids is 1. The Labute approximate surface area is 51.4 Å². The third kappa shape index (κ3) is 5.23. The van der Waals surface area contributed by atoms with Gasteiger partial charge in [-0.2, -0.15) is 0 Å². The van der Waals surface area contributed by atoms with Crippen molar-refractivity contribution >= 4 is 23.7 Å². The maximum Gasteiger partial charge on any atom is 0.328 e. The molecular formula is C4H4O3S. The zero-order chi connectivity index (χ0) is 6.57. The summed E-state index contributed by atoms with van der Waals surface area (Å²) in [6.45, 7) is 0. The second-order valence-electron chi connectivity index (χ2n) is 1.01. The summed E-state index contributed by atoms with van der Waals surface area (Å²) in [6.07, 6.45) is 1.60. The van der Waals surface area contributed by atoms with E-state index < -0.39 is 11.1 Å². The molecule has 1 N–H and O–H groups in total. The van der Waals surface area contributed by atoms with E-state index in [-0.39, 0.29) is 0 Å². The molecule has 0 aromatic carbocycles. The monoisotopic (exact) mass is 132 g/mol. The normalized spacial score (nSPS) is 9.62. The van der Waals surface area contributed by atoms with Gasteiger partial charge in [-0.15, -0.1) is 12.6 Å². The maximum absolute atomic E-state index is 9.86. The SMILES string of the molecule is O=C(O)/C=C\C(=O)S. The predicted octanol–water partition coefficient (Wildman–Crippen LogP) is 0.0836. The molecule has 0 heterocycles. The zero-order valence-electron chi connectivity index (χ0n) is 3.87. The molecule has 8 heavy (non-hydrogen) atoms. The van der Waals surface area contributed by atoms with E-state index in [0.29, 0.717) is 0 Å². The molecule has 0 spiro atoms. The average molecular weight is 132 g/mol. The lowest BCUT2D eigenvalue weighted by molar-refractivity contribution is -0.131. The Morgan fingerprint density at radius 1 is 1.38 bits per heavy atom. The number of carboxylic acids is 1. The van der Waals surface area contributed by atoms with Gasteiger partial charge in [-0.3, -0.25) is 4.79 Å². The highest BCUT2D eigenvalue weighted by Crippen LogP contribution is 1.79. The van der Waals surface area contributed by atoms with Gasteiger partial charge in [0.1, 0.15) is 0 Å². The Morgan fingerprint density at radius 2 is 1.88 bits per heavy atom. The van der Waals surface area contributed by atoms with Gasteiger partial charge < -0.3 is 5.11 Å². The topological polar surface area (TPSA) is 54.4 Å². The average Bonchev–Trinajstić information content (AvgIpc) is 1.61. The number of hydrogen-bond acceptors (Lipinski definition) is 2. The fraction of sp³-hybridized carbons (Fsp3) is 0. The number of carbonyl (C=O) groups is 2. The van der Waals surface area contributed by atoms with Crippen LogP contribution in [0.3, 0.4) is 0 Å². The van der Waals surface area contributed by atoms with Crippen molar-refractivity contribution < 1.29 is 14.7 Å². The smallest absolute Gasteiger partial charge is 0.328 e. The fourth-order valence-corrected chi connectivity index (χ4v) is 0.217. The minimum Gasteiger partial charge on any atom is -0.478 e. The first-order valence-electron chi connectivity index (χ1n) is 1.77. The first-order chi connectivity index (χ1) is 3.63. The Balaban J connectivity index is 3.67. The summed E-state index contributed by atoms with van der Waals surface area (Å²) >= 11 is 3.28. The summed E-state index contributed by atoms with van der Waals surface area (Å²) in [6, 6.07) is 0. The second-order valence-corrected chi connectivity index (χ2v) is 1.45. The summed E-state index contributed by atoms with van der Waals surface area (Å²) < 4.78 is 0. The molecule has 0 aliphatic carbocycles. The van der Waals surface area contributed by atoms with E-state index in [9.17, 15) is 9.59 Å². The Bertz CT molecular complexity index is 122. The van der Waals surface area contributed by atoms with Crippen LogP contribution >= 0.6 is 12.6 Å². The molecule has 0 saturated carbocycles. The van der Waals surface area contributed by atoms with Crippen LogP contribution in [-0.2, 0) is 9.59 Å². The Morgan fingerprint density at radius 3 is 2.00 bits per heavy atom. The van der Waals surface area contributed by atoms with Gasteiger partial charge in [-0.05, 0) is 6.08 Å². The van der Waals surface area contributed by atoms with Crippen molar-refractivity contribution in [3.63, 3.8) is 0 Å². The quantitative estimate of drug-likeness (QED) is 0.413. The lowest BCUT2D eigenvalue weighted by Crippen LogP contribution is -1.87. The summed E-state index contributed by atoms with van der Waals surface area (Å²) in [5, 5.41) is 7.33. The molecule has 0 bridgehead atoms. The number of rotatable bonds is 2. The van der Waals surface area contributed by atoms with Crippen molar-refractivity contribution in [1.29, 1.82) is 0 Å². The van der Waals surface area contributed by atoms with Crippen LogP contribution in [0.1, 0.15) is 0 Å². The standard InChI is InChI=1S/C4H4O3S/c5-3(6)1-2-4(7)8/h1-2H,(H,5,6)(H,7,8)/b2-1-. The molecule has 0 rings (SSSR count). The summed E-state index contributed by atoms with van der Waals surface area (Å²) in [5.41, 5.74) is 0. The molecule has 0 aromatic rings. The van der Waals surface area contributed by atoms with Crippen LogP contribution in [0.15, 0.2) is 12.2 Å². The van der Waals surface area contributed by atoms with Crippen LogP contribution < -0.4 is 0 Å². The molecule has 0 aliphatic rings. The molecule has 0 aromatic heterocycles. The fourth-order valence-electron chi connectivity index (χ4n) is 0.143. The van der Waals surface area contributed by atoms with Gasteiger partial charge in [0.15, 0.2) is 0 Å². The maximum atomic E-state index is 9.86. The van der Waals surface area contributed by atoms with E-state index in [1.807, 2.05) is 0 Å². The van der Waals surface area contributed by atoms with Crippen LogP contribution in [-0.4, -0.2) is 16.2 Å². The molecule has 0 atom stereocenters. The molecule has 44 valence electrons. The minimum atomic E-state index is -1.15. The number of carboxylic acid groups (broad SMARTS) is 1. The van der Waals surface area contributed by atoms with Gasteiger partial charge in [-0.1, -0.05) is 0 Å². The number of hydrogen-bond donors (Lipinski definition) is 2. The molecule has 0 saturated heterocycles. The third-order valence-electron chi connectivity index (χ3n) is 0.368. The predicted molar refractivity (Wildman–Crippen MR) is 30.8 cm³/mol. The van der Waals surface area contributed by atoms with E-state index in [0.717, 1.165) is 12.2 Å². The van der Waals surface area contributed by atoms with Gasteiger partial charge in [0.2, 0.25) is 5.12 Å². The van der Waals surface area contributed by atoms with Gasteiger partial charge >= 0.3 is 5.97 Å². The largest absolute Gasteiger partial charge is 0.478 e. The van der Waals surface area contributed by atoms with Crippen molar-refractivity contribution in [2.24, 2.45) is 0 Å². The molecule has 4 heteroatoms. The van der Waals surface area contributed by atoms with Crippen molar-refractivity contribution in [2.75, 3.05) is 0 Å². The number of carbonyl (C=O) groups excluding carboxylic acids is 1. The van der Waals surface area contributed by atoms with Crippen molar-refractivity contribution in [1.82, 2.24) is 0 Å². The third-order valence-corrected chi connectivity index (χ3v) is 0.518. The molecule has 0 fully saturated rings. The molecular weight excluding hydrogens is 128 g/mol. The first-order valence-corrected chi connectivity index (χ1v) is 2.21. The lowest BCUT2D eigenvalue weighted by atomic mass is 10.5. The molecule has 0 amide bonds. The summed E-state index contributed by atoms with van der Waals surface area (Å²) in [5.74, 6) is -1.15. The molecule has 0 aliphatic heterocycles. The van der Waals surface area contributed by atoms with Crippen LogP contribution in [0, 0.1) is 0 Å². The summed E-state index contributed by atoms with van der Waals surface area (Å²) in [7, 11) is 0. The van der Waals surface area contributed by atoms with Gasteiger partial charge in [0, 0.05) is 6.08 Å². The zero-order valence-corrected chi connectivity index (χ0v) is 4.76. The second kappa shape index (κ2) is 3.26. The Hall–Kier alpha value is -0.770. The van der Waals surface area contributed by atoms with Gasteiger partial charge in [0.25, 0.3) is 0 Å². The van der Waals surface area contributed by atoms with Crippen LogP contribution in [0.2, 0.25) is 0 Å². The van der Waals surface area contributed by atoms with Crippen molar-refractivity contribution in [2.45, 2.75) is 0 Å². The molecule has 0 unspecified atom stereocenters. The summed E-state index contributed by atoms with van der Waals surface area (Å²) in [4.78, 5) is 19.5. The minimum absolute atomic E-state index is 0.563. The van der Waals surface area contributed by atoms with Gasteiger partial charge in [-0.25, -0.2) is 4.79 Å². The van der Waals surface area contributed by atoms with Crippen molar-refractivity contribution in [3.05, 3.63) is 12.2 Å². The highest BCUT2D eigenvalue weighted by molar-refractivity contribution is 7.97. The molecule has 3 nitrogen and oxygen atoms in total. The first kappa shape index (κ1) is 7.23. The van der Waals surface area contributed by atoms with E-state index >= 15 is 0 Å². The highest BCUT2D eigenvalue weighted by Gasteiger charge is 1.86.